The van der Waals surface area contributed by atoms with E-state index in [1.807, 2.05) is 13.8 Å². The summed E-state index contributed by atoms with van der Waals surface area (Å²) in [4.78, 5) is 2.69. The summed E-state index contributed by atoms with van der Waals surface area (Å²) in [6, 6.07) is 0. The zero-order valence-corrected chi connectivity index (χ0v) is 14.3. The van der Waals surface area contributed by atoms with Crippen LogP contribution >= 0.6 is 0 Å². The van der Waals surface area contributed by atoms with Gasteiger partial charge in [-0.1, -0.05) is 44.6 Å². The Kier molecular flexibility index (Phi) is 6.50. The highest BCUT2D eigenvalue weighted by Gasteiger charge is 2.35. The summed E-state index contributed by atoms with van der Waals surface area (Å²) in [7, 11) is 0. The van der Waals surface area contributed by atoms with Gasteiger partial charge in [0.15, 0.2) is 0 Å². The van der Waals surface area contributed by atoms with Crippen molar-refractivity contribution in [1.29, 1.82) is 0 Å². The van der Waals surface area contributed by atoms with Crippen molar-refractivity contribution in [2.75, 3.05) is 32.7 Å². The summed E-state index contributed by atoms with van der Waals surface area (Å²) in [6.45, 7) is 12.7. The van der Waals surface area contributed by atoms with Gasteiger partial charge in [-0.3, -0.25) is 4.90 Å². The zero-order chi connectivity index (χ0) is 15.1. The molecule has 2 heterocycles. The molecule has 3 aliphatic rings. The molecule has 2 saturated heterocycles. The van der Waals surface area contributed by atoms with Gasteiger partial charge >= 0.3 is 0 Å². The Labute approximate surface area is 131 Å². The molecule has 0 aromatic rings. The van der Waals surface area contributed by atoms with Crippen LogP contribution < -0.4 is 5.32 Å². The minimum atomic E-state index is 0.689. The standard InChI is InChI=1S/C17H28N2.C2H6/c1-15-4-2-3-5-16(15)14-19-12-8-17(9-13-19)6-10-18-11-7-17;1-2/h2-3,5,15,18H,4,6-14H2,1H3;1-2H3. The second-order valence-corrected chi connectivity index (χ2v) is 6.83. The number of likely N-dealkylation sites (tertiary alicyclic amines) is 1. The summed E-state index contributed by atoms with van der Waals surface area (Å²) in [6.07, 6.45) is 13.8. The predicted molar refractivity (Wildman–Crippen MR) is 92.6 cm³/mol. The smallest absolute Gasteiger partial charge is 0.0198 e. The quantitative estimate of drug-likeness (QED) is 0.827. The number of allylic oxidation sites excluding steroid dienone is 3. The minimum Gasteiger partial charge on any atom is -0.317 e. The van der Waals surface area contributed by atoms with Gasteiger partial charge in [-0.05, 0) is 69.6 Å². The topological polar surface area (TPSA) is 15.3 Å². The van der Waals surface area contributed by atoms with E-state index in [-0.39, 0.29) is 0 Å². The van der Waals surface area contributed by atoms with Gasteiger partial charge in [-0.25, -0.2) is 0 Å². The van der Waals surface area contributed by atoms with E-state index >= 15 is 0 Å². The van der Waals surface area contributed by atoms with Crippen molar-refractivity contribution in [3.05, 3.63) is 23.8 Å². The van der Waals surface area contributed by atoms with Crippen LogP contribution in [0.4, 0.5) is 0 Å². The van der Waals surface area contributed by atoms with Crippen LogP contribution in [0.5, 0.6) is 0 Å². The molecule has 2 fully saturated rings. The highest BCUT2D eigenvalue weighted by molar-refractivity contribution is 5.21. The van der Waals surface area contributed by atoms with E-state index in [9.17, 15) is 0 Å². The Morgan fingerprint density at radius 2 is 1.81 bits per heavy atom. The molecule has 1 spiro atoms. The Hall–Kier alpha value is -0.600. The molecule has 0 aromatic carbocycles. The normalized spacial score (nSPS) is 28.7. The lowest BCUT2D eigenvalue weighted by molar-refractivity contribution is 0.0778. The van der Waals surface area contributed by atoms with Crippen LogP contribution in [-0.2, 0) is 0 Å². The van der Waals surface area contributed by atoms with E-state index in [2.05, 4.69) is 35.4 Å². The van der Waals surface area contributed by atoms with E-state index in [1.54, 1.807) is 5.57 Å². The van der Waals surface area contributed by atoms with Crippen molar-refractivity contribution in [3.63, 3.8) is 0 Å². The molecular weight excluding hydrogens is 256 g/mol. The lowest BCUT2D eigenvalue weighted by atomic mass is 9.71. The fraction of sp³-hybridized carbons (Fsp3) is 0.789. The summed E-state index contributed by atoms with van der Waals surface area (Å²) >= 11 is 0. The fourth-order valence-electron chi connectivity index (χ4n) is 3.90. The third-order valence-electron chi connectivity index (χ3n) is 5.56. The first-order valence-electron chi connectivity index (χ1n) is 9.06. The summed E-state index contributed by atoms with van der Waals surface area (Å²) in [5, 5.41) is 3.51. The summed E-state index contributed by atoms with van der Waals surface area (Å²) in [5.74, 6) is 0.750. The highest BCUT2D eigenvalue weighted by Crippen LogP contribution is 2.39. The van der Waals surface area contributed by atoms with Crippen molar-refractivity contribution in [2.24, 2.45) is 11.3 Å². The van der Waals surface area contributed by atoms with Crippen molar-refractivity contribution >= 4 is 0 Å². The molecular formula is C19H34N2. The van der Waals surface area contributed by atoms with Crippen LogP contribution in [0, 0.1) is 11.3 Å². The molecule has 1 aliphatic carbocycles. The van der Waals surface area contributed by atoms with Crippen LogP contribution in [0.25, 0.3) is 0 Å². The van der Waals surface area contributed by atoms with Crippen LogP contribution in [0.2, 0.25) is 0 Å². The minimum absolute atomic E-state index is 0.689. The van der Waals surface area contributed by atoms with Crippen LogP contribution in [0.15, 0.2) is 23.8 Å². The first-order chi connectivity index (χ1) is 10.3. The van der Waals surface area contributed by atoms with Gasteiger partial charge in [0.05, 0.1) is 0 Å². The van der Waals surface area contributed by atoms with Crippen molar-refractivity contribution in [1.82, 2.24) is 10.2 Å². The van der Waals surface area contributed by atoms with Crippen LogP contribution in [0.3, 0.4) is 0 Å². The van der Waals surface area contributed by atoms with Crippen molar-refractivity contribution in [2.45, 2.75) is 52.9 Å². The lowest BCUT2D eigenvalue weighted by Gasteiger charge is -2.45. The molecule has 0 radical (unpaired) electrons. The molecule has 2 aliphatic heterocycles. The van der Waals surface area contributed by atoms with Gasteiger partial charge in [0.1, 0.15) is 0 Å². The van der Waals surface area contributed by atoms with E-state index in [0.29, 0.717) is 5.41 Å². The molecule has 0 bridgehead atoms. The molecule has 2 nitrogen and oxygen atoms in total. The largest absolute Gasteiger partial charge is 0.317 e. The molecule has 0 aromatic heterocycles. The van der Waals surface area contributed by atoms with Gasteiger partial charge in [-0.2, -0.15) is 0 Å². The third-order valence-corrected chi connectivity index (χ3v) is 5.56. The third kappa shape index (κ3) is 4.43. The lowest BCUT2D eigenvalue weighted by Crippen LogP contribution is -2.46. The first-order valence-corrected chi connectivity index (χ1v) is 9.06. The van der Waals surface area contributed by atoms with Crippen LogP contribution in [-0.4, -0.2) is 37.6 Å². The average molecular weight is 290 g/mol. The Bertz CT molecular complexity index is 354. The van der Waals surface area contributed by atoms with Crippen LogP contribution in [0.1, 0.15) is 52.9 Å². The Morgan fingerprint density at radius 1 is 1.14 bits per heavy atom. The number of piperidine rings is 2. The second kappa shape index (κ2) is 8.14. The first kappa shape index (κ1) is 16.8. The summed E-state index contributed by atoms with van der Waals surface area (Å²) in [5.41, 5.74) is 2.33. The molecule has 2 heteroatoms. The van der Waals surface area contributed by atoms with Gasteiger partial charge in [0.2, 0.25) is 0 Å². The summed E-state index contributed by atoms with van der Waals surface area (Å²) < 4.78 is 0. The second-order valence-electron chi connectivity index (χ2n) is 6.83. The van der Waals surface area contributed by atoms with Gasteiger partial charge < -0.3 is 5.32 Å². The van der Waals surface area contributed by atoms with Crippen molar-refractivity contribution in [3.8, 4) is 0 Å². The molecule has 1 atom stereocenters. The number of hydrogen-bond acceptors (Lipinski definition) is 2. The number of rotatable bonds is 2. The molecule has 1 unspecified atom stereocenters. The van der Waals surface area contributed by atoms with Crippen molar-refractivity contribution < 1.29 is 0 Å². The van der Waals surface area contributed by atoms with Gasteiger partial charge in [0.25, 0.3) is 0 Å². The monoisotopic (exact) mass is 290 g/mol. The molecule has 21 heavy (non-hydrogen) atoms. The van der Waals surface area contributed by atoms with E-state index in [1.165, 1.54) is 64.8 Å². The molecule has 3 rings (SSSR count). The number of nitrogens with zero attached hydrogens (tertiary/aromatic N) is 1. The maximum atomic E-state index is 3.51. The van der Waals surface area contributed by atoms with Gasteiger partial charge in [-0.15, -0.1) is 0 Å². The Morgan fingerprint density at radius 3 is 2.43 bits per heavy atom. The van der Waals surface area contributed by atoms with E-state index in [4.69, 9.17) is 0 Å². The molecule has 1 N–H and O–H groups in total. The highest BCUT2D eigenvalue weighted by atomic mass is 15.1. The maximum Gasteiger partial charge on any atom is 0.0198 e. The number of hydrogen-bond donors (Lipinski definition) is 1. The number of nitrogens with one attached hydrogen (secondary N) is 1. The molecule has 120 valence electrons. The Balaban J connectivity index is 0.000000774. The average Bonchev–Trinajstić information content (AvgIpc) is 2.55. The van der Waals surface area contributed by atoms with Gasteiger partial charge in [0, 0.05) is 6.54 Å². The SMILES string of the molecule is CC.CC1CC=CC=C1CN1CCC2(CCNCC2)CC1. The van der Waals surface area contributed by atoms with E-state index < -0.39 is 0 Å². The fourth-order valence-corrected chi connectivity index (χ4v) is 3.90. The molecule has 0 amide bonds. The maximum absolute atomic E-state index is 3.51. The molecule has 0 saturated carbocycles. The van der Waals surface area contributed by atoms with E-state index in [0.717, 1.165) is 5.92 Å². The zero-order valence-electron chi connectivity index (χ0n) is 14.3. The predicted octanol–water partition coefficient (Wildman–Crippen LogP) is 4.00.